The van der Waals surface area contributed by atoms with Gasteiger partial charge in [-0.05, 0) is 50.8 Å². The van der Waals surface area contributed by atoms with Crippen LogP contribution < -0.4 is 5.73 Å². The Kier molecular flexibility index (Phi) is 12.1. The molecule has 7 heteroatoms. The quantitative estimate of drug-likeness (QED) is 0.726. The average molecular weight is 406 g/mol. The molecule has 5 nitrogen and oxygen atoms in total. The summed E-state index contributed by atoms with van der Waals surface area (Å²) in [4.78, 5) is 16.6. The number of amides is 1. The predicted molar refractivity (Wildman–Crippen MR) is 111 cm³/mol. The maximum atomic E-state index is 12.5. The van der Waals surface area contributed by atoms with E-state index in [2.05, 4.69) is 4.90 Å². The number of aliphatic hydroxyl groups is 1. The lowest BCUT2D eigenvalue weighted by Crippen LogP contribution is -2.46. The molecule has 150 valence electrons. The summed E-state index contributed by atoms with van der Waals surface area (Å²) in [5.41, 5.74) is 7.20. The van der Waals surface area contributed by atoms with Crippen LogP contribution in [0, 0.1) is 5.92 Å². The van der Waals surface area contributed by atoms with Gasteiger partial charge in [-0.25, -0.2) is 0 Å². The van der Waals surface area contributed by atoms with Gasteiger partial charge in [0, 0.05) is 20.1 Å². The monoisotopic (exact) mass is 405 g/mol. The highest BCUT2D eigenvalue weighted by Crippen LogP contribution is 2.18. The third kappa shape index (κ3) is 8.23. The number of hydrogen-bond acceptors (Lipinski definition) is 4. The van der Waals surface area contributed by atoms with Gasteiger partial charge in [0.1, 0.15) is 0 Å². The van der Waals surface area contributed by atoms with Crippen LogP contribution in [0.2, 0.25) is 0 Å². The van der Waals surface area contributed by atoms with E-state index < -0.39 is 6.04 Å². The first-order valence-electron chi connectivity index (χ1n) is 8.90. The summed E-state index contributed by atoms with van der Waals surface area (Å²) in [7, 11) is 1.86. The molecule has 26 heavy (non-hydrogen) atoms. The largest absolute Gasteiger partial charge is 0.392 e. The van der Waals surface area contributed by atoms with Crippen molar-refractivity contribution >= 4 is 30.7 Å². The van der Waals surface area contributed by atoms with Crippen LogP contribution in [0.3, 0.4) is 0 Å². The molecule has 0 bridgehead atoms. The first-order valence-corrected chi connectivity index (χ1v) is 8.90. The summed E-state index contributed by atoms with van der Waals surface area (Å²) in [5, 5.41) is 9.46. The number of benzene rings is 1. The summed E-state index contributed by atoms with van der Waals surface area (Å²) in [6, 6.07) is 9.44. The molecule has 0 radical (unpaired) electrons. The highest BCUT2D eigenvalue weighted by molar-refractivity contribution is 5.85. The van der Waals surface area contributed by atoms with Gasteiger partial charge >= 0.3 is 0 Å². The number of likely N-dealkylation sites (N-methyl/N-ethyl adjacent to an activating group) is 1. The van der Waals surface area contributed by atoms with Crippen molar-refractivity contribution < 1.29 is 9.90 Å². The highest BCUT2D eigenvalue weighted by atomic mass is 35.5. The molecule has 0 aromatic heterocycles. The topological polar surface area (TPSA) is 69.8 Å². The zero-order chi connectivity index (χ0) is 17.5. The molecule has 3 N–H and O–H groups in total. The highest BCUT2D eigenvalue weighted by Gasteiger charge is 2.24. The van der Waals surface area contributed by atoms with E-state index in [1.165, 1.54) is 0 Å². The summed E-state index contributed by atoms with van der Waals surface area (Å²) in [5.74, 6) is 0.540. The second kappa shape index (κ2) is 12.5. The Balaban J connectivity index is 0.00000312. The van der Waals surface area contributed by atoms with Crippen LogP contribution in [-0.4, -0.2) is 66.2 Å². The minimum atomic E-state index is -0.479. The molecule has 2 rings (SSSR count). The zero-order valence-electron chi connectivity index (χ0n) is 15.7. The Morgan fingerprint density at radius 3 is 2.38 bits per heavy atom. The SMILES string of the molecule is CC(O)CN1CCC(CN(C)C(=O)[C@@H](N)Cc2ccccc2)CC1.Cl.Cl. The first-order chi connectivity index (χ1) is 11.5. The lowest BCUT2D eigenvalue weighted by Gasteiger charge is -2.34. The Labute approximate surface area is 169 Å². The molecule has 1 aromatic rings. The fraction of sp³-hybridized carbons (Fsp3) is 0.632. The molecule has 2 atom stereocenters. The molecule has 1 heterocycles. The number of β-amino-alcohol motifs (C(OH)–C–C–N with tert-alkyl or cyclic N) is 1. The van der Waals surface area contributed by atoms with Crippen LogP contribution in [0.5, 0.6) is 0 Å². The predicted octanol–water partition coefficient (Wildman–Crippen LogP) is 1.95. The Hall–Kier alpha value is -0.850. The second-order valence-corrected chi connectivity index (χ2v) is 7.11. The maximum Gasteiger partial charge on any atom is 0.239 e. The zero-order valence-corrected chi connectivity index (χ0v) is 17.3. The van der Waals surface area contributed by atoms with E-state index in [0.29, 0.717) is 12.3 Å². The van der Waals surface area contributed by atoms with Crippen LogP contribution in [0.4, 0.5) is 0 Å². The number of aliphatic hydroxyl groups excluding tert-OH is 1. The van der Waals surface area contributed by atoms with Crippen molar-refractivity contribution in [2.45, 2.75) is 38.3 Å². The lowest BCUT2D eigenvalue weighted by atomic mass is 9.95. The van der Waals surface area contributed by atoms with Gasteiger partial charge in [-0.15, -0.1) is 24.8 Å². The standard InChI is InChI=1S/C19H31N3O2.2ClH/c1-15(23)13-22-10-8-17(9-11-22)14-21(2)19(24)18(20)12-16-6-4-3-5-7-16;;/h3-7,15,17-18,23H,8-14,20H2,1-2H3;2*1H/t15?,18-;;/m0../s1. The van der Waals surface area contributed by atoms with Gasteiger partial charge in [-0.1, -0.05) is 30.3 Å². The molecule has 1 aliphatic heterocycles. The van der Waals surface area contributed by atoms with Crippen molar-refractivity contribution in [1.82, 2.24) is 9.80 Å². The van der Waals surface area contributed by atoms with Crippen molar-refractivity contribution in [1.29, 1.82) is 0 Å². The minimum absolute atomic E-state index is 0. The molecule has 0 saturated carbocycles. The van der Waals surface area contributed by atoms with E-state index in [1.807, 2.05) is 44.3 Å². The van der Waals surface area contributed by atoms with Gasteiger partial charge in [0.2, 0.25) is 5.91 Å². The number of rotatable bonds is 7. The van der Waals surface area contributed by atoms with Crippen LogP contribution >= 0.6 is 24.8 Å². The number of nitrogens with two attached hydrogens (primary N) is 1. The molecule has 1 unspecified atom stereocenters. The van der Waals surface area contributed by atoms with E-state index in [9.17, 15) is 9.90 Å². The van der Waals surface area contributed by atoms with Gasteiger partial charge in [0.15, 0.2) is 0 Å². The minimum Gasteiger partial charge on any atom is -0.392 e. The van der Waals surface area contributed by atoms with Gasteiger partial charge in [0.25, 0.3) is 0 Å². The number of carbonyl (C=O) groups is 1. The number of piperidine rings is 1. The molecule has 1 aliphatic rings. The van der Waals surface area contributed by atoms with Crippen LogP contribution in [-0.2, 0) is 11.2 Å². The van der Waals surface area contributed by atoms with Crippen molar-refractivity contribution in [3.63, 3.8) is 0 Å². The van der Waals surface area contributed by atoms with Crippen molar-refractivity contribution in [3.05, 3.63) is 35.9 Å². The average Bonchev–Trinajstić information content (AvgIpc) is 2.56. The summed E-state index contributed by atoms with van der Waals surface area (Å²) in [6.45, 7) is 5.32. The van der Waals surface area contributed by atoms with Gasteiger partial charge in [-0.3, -0.25) is 4.79 Å². The van der Waals surface area contributed by atoms with E-state index >= 15 is 0 Å². The van der Waals surface area contributed by atoms with E-state index in [4.69, 9.17) is 5.73 Å². The number of likely N-dealkylation sites (tertiary alicyclic amines) is 1. The molecule has 0 aliphatic carbocycles. The molecular weight excluding hydrogens is 373 g/mol. The Morgan fingerprint density at radius 2 is 1.85 bits per heavy atom. The summed E-state index contributed by atoms with van der Waals surface area (Å²) >= 11 is 0. The Morgan fingerprint density at radius 1 is 1.27 bits per heavy atom. The molecule has 1 saturated heterocycles. The van der Waals surface area contributed by atoms with Crippen molar-refractivity contribution in [3.8, 4) is 0 Å². The number of carbonyl (C=O) groups excluding carboxylic acids is 1. The van der Waals surface area contributed by atoms with Crippen molar-refractivity contribution in [2.75, 3.05) is 33.2 Å². The molecule has 1 aromatic carbocycles. The lowest BCUT2D eigenvalue weighted by molar-refractivity contribution is -0.132. The van der Waals surface area contributed by atoms with Crippen molar-refractivity contribution in [2.24, 2.45) is 11.7 Å². The second-order valence-electron chi connectivity index (χ2n) is 7.11. The van der Waals surface area contributed by atoms with Gasteiger partial charge in [0.05, 0.1) is 12.1 Å². The number of halogens is 2. The van der Waals surface area contributed by atoms with E-state index in [0.717, 1.165) is 44.6 Å². The maximum absolute atomic E-state index is 12.5. The first kappa shape index (κ1) is 25.1. The fourth-order valence-corrected chi connectivity index (χ4v) is 3.44. The smallest absolute Gasteiger partial charge is 0.239 e. The fourth-order valence-electron chi connectivity index (χ4n) is 3.44. The summed E-state index contributed by atoms with van der Waals surface area (Å²) < 4.78 is 0. The van der Waals surface area contributed by atoms with Crippen LogP contribution in [0.25, 0.3) is 0 Å². The van der Waals surface area contributed by atoms with Crippen LogP contribution in [0.1, 0.15) is 25.3 Å². The molecule has 0 spiro atoms. The normalized spacial score (nSPS) is 17.5. The van der Waals surface area contributed by atoms with E-state index in [-0.39, 0.29) is 36.8 Å². The third-order valence-electron chi connectivity index (χ3n) is 4.75. The third-order valence-corrected chi connectivity index (χ3v) is 4.75. The van der Waals surface area contributed by atoms with Gasteiger partial charge < -0.3 is 20.6 Å². The van der Waals surface area contributed by atoms with Gasteiger partial charge in [-0.2, -0.15) is 0 Å². The van der Waals surface area contributed by atoms with E-state index in [1.54, 1.807) is 4.90 Å². The van der Waals surface area contributed by atoms with Crippen LogP contribution in [0.15, 0.2) is 30.3 Å². The summed E-state index contributed by atoms with van der Waals surface area (Å²) in [6.07, 6.45) is 2.44. The molecule has 1 fully saturated rings. The molecular formula is C19H33Cl2N3O2. The molecule has 1 amide bonds. The number of nitrogens with zero attached hydrogens (tertiary/aromatic N) is 2. The number of hydrogen-bond donors (Lipinski definition) is 2. The Bertz CT molecular complexity index is 509.